The Morgan fingerprint density at radius 2 is 1.62 bits per heavy atom. The van der Waals surface area contributed by atoms with Crippen molar-refractivity contribution in [1.29, 1.82) is 0 Å². The van der Waals surface area contributed by atoms with Crippen molar-refractivity contribution >= 4 is 5.97 Å². The summed E-state index contributed by atoms with van der Waals surface area (Å²) in [7, 11) is 0. The SMILES string of the molecule is CCCCCCCCCC(C)COC(C)=O. The van der Waals surface area contributed by atoms with E-state index in [2.05, 4.69) is 13.8 Å². The Balaban J connectivity index is 3.15. The summed E-state index contributed by atoms with van der Waals surface area (Å²) in [6.07, 6.45) is 10.6. The molecule has 0 heterocycles. The van der Waals surface area contributed by atoms with Gasteiger partial charge >= 0.3 is 5.97 Å². The van der Waals surface area contributed by atoms with E-state index in [1.807, 2.05) is 0 Å². The van der Waals surface area contributed by atoms with Gasteiger partial charge in [0.1, 0.15) is 0 Å². The van der Waals surface area contributed by atoms with E-state index < -0.39 is 0 Å². The van der Waals surface area contributed by atoms with E-state index >= 15 is 0 Å². The quantitative estimate of drug-likeness (QED) is 0.411. The maximum absolute atomic E-state index is 10.6. The first-order valence-electron chi connectivity index (χ1n) is 6.80. The predicted octanol–water partition coefficient (Wildman–Crippen LogP) is 4.33. The van der Waals surface area contributed by atoms with Crippen LogP contribution in [0.1, 0.15) is 72.1 Å². The Labute approximate surface area is 101 Å². The molecule has 0 aliphatic heterocycles. The van der Waals surface area contributed by atoms with Crippen LogP contribution in [0.25, 0.3) is 0 Å². The maximum Gasteiger partial charge on any atom is 0.302 e. The van der Waals surface area contributed by atoms with E-state index in [1.165, 1.54) is 58.3 Å². The zero-order valence-electron chi connectivity index (χ0n) is 11.3. The van der Waals surface area contributed by atoms with Gasteiger partial charge in [-0.25, -0.2) is 0 Å². The van der Waals surface area contributed by atoms with Gasteiger partial charge in [-0.3, -0.25) is 4.79 Å². The zero-order valence-corrected chi connectivity index (χ0v) is 11.3. The van der Waals surface area contributed by atoms with Gasteiger partial charge in [-0.15, -0.1) is 0 Å². The lowest BCUT2D eigenvalue weighted by Gasteiger charge is -2.10. The molecule has 0 fully saturated rings. The van der Waals surface area contributed by atoms with Crippen LogP contribution >= 0.6 is 0 Å². The van der Waals surface area contributed by atoms with Crippen molar-refractivity contribution in [1.82, 2.24) is 0 Å². The maximum atomic E-state index is 10.6. The van der Waals surface area contributed by atoms with E-state index in [0.717, 1.165) is 0 Å². The Bertz CT molecular complexity index is 166. The molecule has 16 heavy (non-hydrogen) atoms. The molecular weight excluding hydrogens is 200 g/mol. The van der Waals surface area contributed by atoms with Crippen LogP contribution in [0.4, 0.5) is 0 Å². The van der Waals surface area contributed by atoms with Gasteiger partial charge in [-0.1, -0.05) is 58.8 Å². The van der Waals surface area contributed by atoms with E-state index in [-0.39, 0.29) is 5.97 Å². The molecule has 0 spiro atoms. The van der Waals surface area contributed by atoms with Crippen molar-refractivity contribution in [3.05, 3.63) is 0 Å². The average molecular weight is 228 g/mol. The first kappa shape index (κ1) is 15.5. The highest BCUT2D eigenvalue weighted by atomic mass is 16.5. The molecule has 0 aromatic rings. The summed E-state index contributed by atoms with van der Waals surface area (Å²) < 4.78 is 4.97. The molecule has 0 saturated carbocycles. The highest BCUT2D eigenvalue weighted by Crippen LogP contribution is 2.12. The highest BCUT2D eigenvalue weighted by Gasteiger charge is 2.03. The second-order valence-corrected chi connectivity index (χ2v) is 4.82. The molecule has 2 heteroatoms. The molecule has 0 amide bonds. The minimum atomic E-state index is -0.161. The number of carbonyl (C=O) groups excluding carboxylic acids is 1. The zero-order chi connectivity index (χ0) is 12.2. The van der Waals surface area contributed by atoms with Crippen LogP contribution in [0.5, 0.6) is 0 Å². The summed E-state index contributed by atoms with van der Waals surface area (Å²) in [5.41, 5.74) is 0. The molecule has 1 unspecified atom stereocenters. The molecule has 0 aromatic heterocycles. The van der Waals surface area contributed by atoms with Crippen LogP contribution in [0.3, 0.4) is 0 Å². The van der Waals surface area contributed by atoms with Gasteiger partial charge in [0, 0.05) is 6.92 Å². The summed E-state index contributed by atoms with van der Waals surface area (Å²) in [4.78, 5) is 10.6. The topological polar surface area (TPSA) is 26.3 Å². The Kier molecular flexibility index (Phi) is 10.6. The molecule has 2 nitrogen and oxygen atoms in total. The number of esters is 1. The van der Waals surface area contributed by atoms with Crippen LogP contribution in [0.15, 0.2) is 0 Å². The van der Waals surface area contributed by atoms with Gasteiger partial charge in [0.2, 0.25) is 0 Å². The number of carbonyl (C=O) groups is 1. The first-order valence-corrected chi connectivity index (χ1v) is 6.80. The first-order chi connectivity index (χ1) is 7.66. The fourth-order valence-corrected chi connectivity index (χ4v) is 1.79. The molecule has 0 radical (unpaired) electrons. The number of unbranched alkanes of at least 4 members (excludes halogenated alkanes) is 6. The normalized spacial score (nSPS) is 12.4. The molecule has 0 aromatic carbocycles. The average Bonchev–Trinajstić information content (AvgIpc) is 2.25. The summed E-state index contributed by atoms with van der Waals surface area (Å²) in [5, 5.41) is 0. The molecule has 1 atom stereocenters. The van der Waals surface area contributed by atoms with Crippen molar-refractivity contribution in [2.24, 2.45) is 5.92 Å². The molecule has 0 saturated heterocycles. The number of hydrogen-bond donors (Lipinski definition) is 0. The van der Waals surface area contributed by atoms with E-state index in [4.69, 9.17) is 4.74 Å². The lowest BCUT2D eigenvalue weighted by molar-refractivity contribution is -0.142. The van der Waals surface area contributed by atoms with Crippen molar-refractivity contribution in [3.8, 4) is 0 Å². The third kappa shape index (κ3) is 11.5. The second-order valence-electron chi connectivity index (χ2n) is 4.82. The smallest absolute Gasteiger partial charge is 0.302 e. The van der Waals surface area contributed by atoms with Gasteiger partial charge in [0.15, 0.2) is 0 Å². The Morgan fingerprint density at radius 1 is 1.06 bits per heavy atom. The Morgan fingerprint density at radius 3 is 2.19 bits per heavy atom. The van der Waals surface area contributed by atoms with Crippen LogP contribution in [0.2, 0.25) is 0 Å². The summed E-state index contributed by atoms with van der Waals surface area (Å²) >= 11 is 0. The lowest BCUT2D eigenvalue weighted by atomic mass is 10.0. The van der Waals surface area contributed by atoms with Crippen LogP contribution in [-0.2, 0) is 9.53 Å². The minimum Gasteiger partial charge on any atom is -0.466 e. The molecule has 0 aliphatic rings. The number of ether oxygens (including phenoxy) is 1. The molecule has 0 rings (SSSR count). The molecule has 0 N–H and O–H groups in total. The summed E-state index contributed by atoms with van der Waals surface area (Å²) in [6.45, 7) is 6.46. The predicted molar refractivity (Wildman–Crippen MR) is 68.4 cm³/mol. The molecule has 0 aliphatic carbocycles. The van der Waals surface area contributed by atoms with Gasteiger partial charge in [-0.05, 0) is 12.3 Å². The highest BCUT2D eigenvalue weighted by molar-refractivity contribution is 5.65. The van der Waals surface area contributed by atoms with Gasteiger partial charge < -0.3 is 4.74 Å². The van der Waals surface area contributed by atoms with Crippen LogP contribution in [0, 0.1) is 5.92 Å². The monoisotopic (exact) mass is 228 g/mol. The molecule has 96 valence electrons. The Hall–Kier alpha value is -0.530. The van der Waals surface area contributed by atoms with Crippen molar-refractivity contribution < 1.29 is 9.53 Å². The second kappa shape index (κ2) is 11.0. The van der Waals surface area contributed by atoms with Crippen LogP contribution < -0.4 is 0 Å². The summed E-state index contributed by atoms with van der Waals surface area (Å²) in [5.74, 6) is 0.353. The van der Waals surface area contributed by atoms with Crippen LogP contribution in [-0.4, -0.2) is 12.6 Å². The van der Waals surface area contributed by atoms with E-state index in [1.54, 1.807) is 0 Å². The van der Waals surface area contributed by atoms with Crippen molar-refractivity contribution in [2.45, 2.75) is 72.1 Å². The van der Waals surface area contributed by atoms with Crippen molar-refractivity contribution in [2.75, 3.05) is 6.61 Å². The lowest BCUT2D eigenvalue weighted by Crippen LogP contribution is -2.09. The van der Waals surface area contributed by atoms with Gasteiger partial charge in [-0.2, -0.15) is 0 Å². The molecular formula is C14H28O2. The minimum absolute atomic E-state index is 0.161. The number of hydrogen-bond acceptors (Lipinski definition) is 2. The van der Waals surface area contributed by atoms with Crippen molar-refractivity contribution in [3.63, 3.8) is 0 Å². The van der Waals surface area contributed by atoms with Gasteiger partial charge in [0.05, 0.1) is 6.61 Å². The fraction of sp³-hybridized carbons (Fsp3) is 0.929. The summed E-state index contributed by atoms with van der Waals surface area (Å²) in [6, 6.07) is 0. The van der Waals surface area contributed by atoms with E-state index in [9.17, 15) is 4.79 Å². The largest absolute Gasteiger partial charge is 0.466 e. The van der Waals surface area contributed by atoms with E-state index in [0.29, 0.717) is 12.5 Å². The third-order valence-corrected chi connectivity index (χ3v) is 2.87. The molecule has 0 bridgehead atoms. The number of rotatable bonds is 10. The van der Waals surface area contributed by atoms with Gasteiger partial charge in [0.25, 0.3) is 0 Å². The third-order valence-electron chi connectivity index (χ3n) is 2.87. The fourth-order valence-electron chi connectivity index (χ4n) is 1.79. The standard InChI is InChI=1S/C14H28O2/c1-4-5-6-7-8-9-10-11-13(2)12-16-14(3)15/h13H,4-12H2,1-3H3.